The van der Waals surface area contributed by atoms with Gasteiger partial charge in [0.05, 0.1) is 6.04 Å². The van der Waals surface area contributed by atoms with E-state index in [1.54, 1.807) is 23.1 Å². The molecule has 0 fully saturated rings. The van der Waals surface area contributed by atoms with Crippen molar-refractivity contribution >= 4 is 5.91 Å². The first-order chi connectivity index (χ1) is 13.9. The molecule has 1 aliphatic rings. The summed E-state index contributed by atoms with van der Waals surface area (Å²) in [6.45, 7) is 6.34. The van der Waals surface area contributed by atoms with Crippen LogP contribution in [0.3, 0.4) is 0 Å². The zero-order valence-electron chi connectivity index (χ0n) is 16.8. The number of halogens is 1. The summed E-state index contributed by atoms with van der Waals surface area (Å²) in [7, 11) is 0. The van der Waals surface area contributed by atoms with E-state index in [0.717, 1.165) is 24.0 Å². The highest BCUT2D eigenvalue weighted by molar-refractivity contribution is 6.00. The molecule has 3 aromatic rings. The zero-order chi connectivity index (χ0) is 20.7. The van der Waals surface area contributed by atoms with E-state index < -0.39 is 6.04 Å². The normalized spacial score (nSPS) is 15.8. The molecule has 1 aliphatic heterocycles. The molecule has 5 nitrogen and oxygen atoms in total. The zero-order valence-corrected chi connectivity index (χ0v) is 16.8. The Balaban J connectivity index is 1.94. The molecule has 0 aliphatic carbocycles. The van der Waals surface area contributed by atoms with Crippen LogP contribution in [-0.4, -0.2) is 32.7 Å². The van der Waals surface area contributed by atoms with E-state index in [-0.39, 0.29) is 17.5 Å². The van der Waals surface area contributed by atoms with Crippen LogP contribution in [-0.2, 0) is 0 Å². The van der Waals surface area contributed by atoms with Gasteiger partial charge < -0.3 is 10.0 Å². The summed E-state index contributed by atoms with van der Waals surface area (Å²) in [6.07, 6.45) is 1.74. The van der Waals surface area contributed by atoms with Crippen LogP contribution in [0.4, 0.5) is 4.39 Å². The second-order valence-corrected chi connectivity index (χ2v) is 7.62. The lowest BCUT2D eigenvalue weighted by Crippen LogP contribution is -2.31. The van der Waals surface area contributed by atoms with Gasteiger partial charge in [-0.05, 0) is 43.5 Å². The number of aryl methyl sites for hydroxylation is 2. The first kappa shape index (κ1) is 19.2. The molecule has 29 heavy (non-hydrogen) atoms. The number of aromatic hydroxyl groups is 1. The van der Waals surface area contributed by atoms with E-state index in [2.05, 4.69) is 17.1 Å². The Bertz CT molecular complexity index is 1090. The van der Waals surface area contributed by atoms with Gasteiger partial charge in [0.15, 0.2) is 0 Å². The highest BCUT2D eigenvalue weighted by atomic mass is 19.1. The number of hydrogen-bond donors (Lipinski definition) is 2. The van der Waals surface area contributed by atoms with E-state index in [4.69, 9.17) is 0 Å². The van der Waals surface area contributed by atoms with Gasteiger partial charge in [-0.1, -0.05) is 37.6 Å². The second-order valence-electron chi connectivity index (χ2n) is 7.62. The molecule has 1 atom stereocenters. The third-order valence-electron chi connectivity index (χ3n) is 5.52. The Morgan fingerprint density at radius 3 is 2.72 bits per heavy atom. The predicted octanol–water partition coefficient (Wildman–Crippen LogP) is 4.88. The molecule has 6 heteroatoms. The minimum absolute atomic E-state index is 0.122. The van der Waals surface area contributed by atoms with Crippen molar-refractivity contribution < 1.29 is 14.3 Å². The van der Waals surface area contributed by atoms with Gasteiger partial charge in [0.1, 0.15) is 23.0 Å². The lowest BCUT2D eigenvalue weighted by molar-refractivity contribution is 0.0739. The predicted molar refractivity (Wildman–Crippen MR) is 109 cm³/mol. The van der Waals surface area contributed by atoms with E-state index in [1.807, 2.05) is 26.0 Å². The number of fused-ring (bicyclic) bond motifs is 1. The number of rotatable bonds is 5. The summed E-state index contributed by atoms with van der Waals surface area (Å²) in [5.41, 5.74) is 4.16. The van der Waals surface area contributed by atoms with E-state index in [9.17, 15) is 14.3 Å². The molecule has 0 bridgehead atoms. The number of amides is 1. The molecule has 150 valence electrons. The van der Waals surface area contributed by atoms with Gasteiger partial charge in [0.25, 0.3) is 5.91 Å². The SMILES string of the molecule is CCCCN1C(=O)c2[nH]nc(-c3cc(C)cc(C)c3O)c2C1c1ccccc1F. The monoisotopic (exact) mass is 393 g/mol. The number of unbranched alkanes of at least 4 members (excludes halogenated alkanes) is 1. The fraction of sp³-hybridized carbons (Fsp3) is 0.304. The van der Waals surface area contributed by atoms with Crippen LogP contribution in [0.25, 0.3) is 11.3 Å². The van der Waals surface area contributed by atoms with Crippen molar-refractivity contribution in [3.8, 4) is 17.0 Å². The van der Waals surface area contributed by atoms with Crippen molar-refractivity contribution in [3.63, 3.8) is 0 Å². The molecule has 1 unspecified atom stereocenters. The lowest BCUT2D eigenvalue weighted by atomic mass is 9.93. The van der Waals surface area contributed by atoms with E-state index >= 15 is 0 Å². The average Bonchev–Trinajstić information content (AvgIpc) is 3.23. The van der Waals surface area contributed by atoms with Crippen LogP contribution in [0.1, 0.15) is 58.5 Å². The molecular weight excluding hydrogens is 369 g/mol. The minimum atomic E-state index is -0.584. The fourth-order valence-electron chi connectivity index (χ4n) is 4.12. The van der Waals surface area contributed by atoms with Crippen molar-refractivity contribution in [1.29, 1.82) is 0 Å². The Hall–Kier alpha value is -3.15. The van der Waals surface area contributed by atoms with Crippen molar-refractivity contribution in [1.82, 2.24) is 15.1 Å². The maximum absolute atomic E-state index is 14.8. The smallest absolute Gasteiger partial charge is 0.273 e. The van der Waals surface area contributed by atoms with Crippen molar-refractivity contribution in [2.24, 2.45) is 0 Å². The summed E-state index contributed by atoms with van der Waals surface area (Å²) in [6, 6.07) is 9.67. The van der Waals surface area contributed by atoms with Gasteiger partial charge >= 0.3 is 0 Å². The van der Waals surface area contributed by atoms with Gasteiger partial charge in [-0.25, -0.2) is 4.39 Å². The van der Waals surface area contributed by atoms with E-state index in [1.165, 1.54) is 6.07 Å². The molecule has 0 radical (unpaired) electrons. The molecule has 1 amide bonds. The highest BCUT2D eigenvalue weighted by Crippen LogP contribution is 2.45. The Kier molecular flexibility index (Phi) is 4.86. The summed E-state index contributed by atoms with van der Waals surface area (Å²) in [4.78, 5) is 14.8. The average molecular weight is 393 g/mol. The molecule has 2 aromatic carbocycles. The number of aromatic nitrogens is 2. The van der Waals surface area contributed by atoms with Crippen LogP contribution < -0.4 is 0 Å². The van der Waals surface area contributed by atoms with Gasteiger partial charge in [0.2, 0.25) is 0 Å². The molecular formula is C23H24FN3O2. The number of H-pyrrole nitrogens is 1. The van der Waals surface area contributed by atoms with Gasteiger partial charge in [-0.15, -0.1) is 0 Å². The molecule has 0 spiro atoms. The summed E-state index contributed by atoms with van der Waals surface area (Å²) in [5, 5.41) is 17.9. The molecule has 2 heterocycles. The van der Waals surface area contributed by atoms with Crippen LogP contribution in [0.15, 0.2) is 36.4 Å². The molecule has 0 saturated heterocycles. The Morgan fingerprint density at radius 2 is 2.00 bits per heavy atom. The van der Waals surface area contributed by atoms with Crippen LogP contribution >= 0.6 is 0 Å². The first-order valence-electron chi connectivity index (χ1n) is 9.88. The minimum Gasteiger partial charge on any atom is -0.507 e. The van der Waals surface area contributed by atoms with Crippen LogP contribution in [0.2, 0.25) is 0 Å². The summed E-state index contributed by atoms with van der Waals surface area (Å²) < 4.78 is 14.8. The quantitative estimate of drug-likeness (QED) is 0.649. The number of hydrogen-bond acceptors (Lipinski definition) is 3. The highest BCUT2D eigenvalue weighted by Gasteiger charge is 2.43. The molecule has 4 rings (SSSR count). The number of nitrogens with one attached hydrogen (secondary N) is 1. The molecule has 1 aromatic heterocycles. The van der Waals surface area contributed by atoms with Crippen molar-refractivity contribution in [3.05, 3.63) is 70.2 Å². The van der Waals surface area contributed by atoms with Crippen LogP contribution in [0.5, 0.6) is 5.75 Å². The summed E-state index contributed by atoms with van der Waals surface area (Å²) in [5.74, 6) is -0.433. The Labute approximate surface area is 169 Å². The maximum Gasteiger partial charge on any atom is 0.273 e. The van der Waals surface area contributed by atoms with E-state index in [0.29, 0.717) is 34.6 Å². The first-order valence-corrected chi connectivity index (χ1v) is 9.88. The standard InChI is InChI=1S/C23H24FN3O2/c1-4-5-10-27-21(15-8-6-7-9-17(15)24)18-19(25-26-20(18)23(27)29)16-12-13(2)11-14(3)22(16)28/h6-9,11-12,21,28H,4-5,10H2,1-3H3,(H,25,26). The largest absolute Gasteiger partial charge is 0.507 e. The topological polar surface area (TPSA) is 69.2 Å². The second kappa shape index (κ2) is 7.35. The number of phenolic OH excluding ortho intramolecular Hbond substituents is 1. The third kappa shape index (κ3) is 3.09. The number of phenols is 1. The molecule has 0 saturated carbocycles. The fourth-order valence-corrected chi connectivity index (χ4v) is 4.12. The van der Waals surface area contributed by atoms with Gasteiger partial charge in [-0.2, -0.15) is 5.10 Å². The van der Waals surface area contributed by atoms with Gasteiger partial charge in [0, 0.05) is 23.2 Å². The number of nitrogens with zero attached hydrogens (tertiary/aromatic N) is 2. The summed E-state index contributed by atoms with van der Waals surface area (Å²) >= 11 is 0. The lowest BCUT2D eigenvalue weighted by Gasteiger charge is -2.26. The van der Waals surface area contributed by atoms with Crippen LogP contribution in [0, 0.1) is 19.7 Å². The molecule has 2 N–H and O–H groups in total. The van der Waals surface area contributed by atoms with Gasteiger partial charge in [-0.3, -0.25) is 9.89 Å². The van der Waals surface area contributed by atoms with Crippen molar-refractivity contribution in [2.45, 2.75) is 39.7 Å². The van der Waals surface area contributed by atoms with Crippen molar-refractivity contribution in [2.75, 3.05) is 6.54 Å². The number of aromatic amines is 1. The maximum atomic E-state index is 14.8. The number of benzene rings is 2. The Morgan fingerprint density at radius 1 is 1.24 bits per heavy atom. The third-order valence-corrected chi connectivity index (χ3v) is 5.52. The number of carbonyl (C=O) groups excluding carboxylic acids is 1. The number of carbonyl (C=O) groups is 1.